The number of halogens is 3. The molecule has 0 saturated heterocycles. The minimum absolute atomic E-state index is 0.0169. The van der Waals surface area contributed by atoms with Gasteiger partial charge in [0.15, 0.2) is 5.60 Å². The molecular weight excluding hydrogens is 453 g/mol. The van der Waals surface area contributed by atoms with Crippen LogP contribution in [0, 0.1) is 5.82 Å². The summed E-state index contributed by atoms with van der Waals surface area (Å²) in [5.41, 5.74) is 0.592. The zero-order valence-electron chi connectivity index (χ0n) is 15.4. The molecular formula is C20H20BrClFNO2S. The van der Waals surface area contributed by atoms with Crippen molar-refractivity contribution in [2.45, 2.75) is 44.0 Å². The van der Waals surface area contributed by atoms with E-state index in [0.717, 1.165) is 11.1 Å². The van der Waals surface area contributed by atoms with Gasteiger partial charge < -0.3 is 4.74 Å². The van der Waals surface area contributed by atoms with E-state index in [9.17, 15) is 8.60 Å². The zero-order chi connectivity index (χ0) is 20.0. The topological polar surface area (TPSA) is 38.7 Å². The highest BCUT2D eigenvalue weighted by Gasteiger charge is 2.48. The van der Waals surface area contributed by atoms with Gasteiger partial charge in [0.25, 0.3) is 0 Å². The SMILES string of the molecule is C[C@H]1c2c(cc(F)c(Cl)c2Br)O[C@]1(C=NS(=O)C(C)(C)C)c1ccccc1. The molecule has 2 aromatic rings. The van der Waals surface area contributed by atoms with Gasteiger partial charge in [0, 0.05) is 27.6 Å². The molecule has 0 aliphatic carbocycles. The Morgan fingerprint density at radius 2 is 1.96 bits per heavy atom. The van der Waals surface area contributed by atoms with Crippen molar-refractivity contribution in [3.63, 3.8) is 0 Å². The number of fused-ring (bicyclic) bond motifs is 1. The first kappa shape index (κ1) is 20.5. The van der Waals surface area contributed by atoms with Crippen molar-refractivity contribution in [3.05, 3.63) is 62.8 Å². The summed E-state index contributed by atoms with van der Waals surface area (Å²) >= 11 is 9.50. The van der Waals surface area contributed by atoms with Crippen molar-refractivity contribution < 1.29 is 13.3 Å². The number of hydrogen-bond donors (Lipinski definition) is 0. The molecule has 144 valence electrons. The van der Waals surface area contributed by atoms with Gasteiger partial charge >= 0.3 is 0 Å². The van der Waals surface area contributed by atoms with Crippen LogP contribution < -0.4 is 4.74 Å². The van der Waals surface area contributed by atoms with Crippen LogP contribution in [-0.4, -0.2) is 15.2 Å². The Labute approximate surface area is 174 Å². The van der Waals surface area contributed by atoms with Crippen LogP contribution >= 0.6 is 27.5 Å². The maximum absolute atomic E-state index is 14.2. The lowest BCUT2D eigenvalue weighted by Crippen LogP contribution is -2.36. The van der Waals surface area contributed by atoms with Crippen LogP contribution in [0.15, 0.2) is 45.3 Å². The molecule has 1 unspecified atom stereocenters. The number of nitrogens with zero attached hydrogens (tertiary/aromatic N) is 1. The Balaban J connectivity index is 2.17. The fourth-order valence-electron chi connectivity index (χ4n) is 3.06. The first-order valence-corrected chi connectivity index (χ1v) is 10.7. The molecule has 0 amide bonds. The molecule has 3 atom stereocenters. The molecule has 27 heavy (non-hydrogen) atoms. The third-order valence-corrected chi connectivity index (χ3v) is 7.37. The minimum Gasteiger partial charge on any atom is -0.476 e. The molecule has 2 aromatic carbocycles. The fourth-order valence-corrected chi connectivity index (χ4v) is 4.52. The molecule has 1 aliphatic rings. The van der Waals surface area contributed by atoms with E-state index < -0.39 is 27.2 Å². The largest absolute Gasteiger partial charge is 0.476 e. The van der Waals surface area contributed by atoms with E-state index in [1.165, 1.54) is 6.07 Å². The van der Waals surface area contributed by atoms with Crippen LogP contribution in [0.25, 0.3) is 0 Å². The summed E-state index contributed by atoms with van der Waals surface area (Å²) in [6, 6.07) is 10.8. The Kier molecular flexibility index (Phi) is 5.54. The monoisotopic (exact) mass is 471 g/mol. The normalized spacial score (nSPS) is 23.3. The smallest absolute Gasteiger partial charge is 0.176 e. The van der Waals surface area contributed by atoms with E-state index in [-0.39, 0.29) is 10.9 Å². The van der Waals surface area contributed by atoms with Crippen molar-refractivity contribution in [2.24, 2.45) is 4.40 Å². The lowest BCUT2D eigenvalue weighted by Gasteiger charge is -2.30. The first-order valence-electron chi connectivity index (χ1n) is 8.47. The molecule has 0 N–H and O–H groups in total. The molecule has 0 bridgehead atoms. The van der Waals surface area contributed by atoms with Gasteiger partial charge in [0.05, 0.1) is 16.0 Å². The predicted octanol–water partition coefficient (Wildman–Crippen LogP) is 6.17. The maximum atomic E-state index is 14.2. The van der Waals surface area contributed by atoms with Gasteiger partial charge in [-0.15, -0.1) is 0 Å². The predicted molar refractivity (Wildman–Crippen MR) is 113 cm³/mol. The Morgan fingerprint density at radius 3 is 2.56 bits per heavy atom. The average molecular weight is 473 g/mol. The van der Waals surface area contributed by atoms with Crippen molar-refractivity contribution in [3.8, 4) is 5.75 Å². The third-order valence-electron chi connectivity index (χ3n) is 4.61. The third kappa shape index (κ3) is 3.59. The van der Waals surface area contributed by atoms with Gasteiger partial charge in [-0.2, -0.15) is 4.40 Å². The zero-order valence-corrected chi connectivity index (χ0v) is 18.6. The number of ether oxygens (including phenoxy) is 1. The molecule has 0 aromatic heterocycles. The van der Waals surface area contributed by atoms with Crippen molar-refractivity contribution >= 4 is 44.7 Å². The molecule has 1 heterocycles. The van der Waals surface area contributed by atoms with E-state index in [0.29, 0.717) is 10.2 Å². The van der Waals surface area contributed by atoms with Crippen LogP contribution in [0.4, 0.5) is 4.39 Å². The van der Waals surface area contributed by atoms with E-state index in [1.54, 1.807) is 6.21 Å². The summed E-state index contributed by atoms with van der Waals surface area (Å²) in [7, 11) is -1.45. The second-order valence-electron chi connectivity index (χ2n) is 7.48. The Hall–Kier alpha value is -1.24. The van der Waals surface area contributed by atoms with Gasteiger partial charge in [-0.05, 0) is 36.7 Å². The van der Waals surface area contributed by atoms with Gasteiger partial charge in [0.1, 0.15) is 22.6 Å². The first-order chi connectivity index (χ1) is 12.6. The lowest BCUT2D eigenvalue weighted by molar-refractivity contribution is 0.154. The van der Waals surface area contributed by atoms with E-state index in [4.69, 9.17) is 16.3 Å². The molecule has 1 aliphatic heterocycles. The van der Waals surface area contributed by atoms with Gasteiger partial charge in [0.2, 0.25) is 0 Å². The van der Waals surface area contributed by atoms with Gasteiger partial charge in [-0.3, -0.25) is 0 Å². The quantitative estimate of drug-likeness (QED) is 0.396. The number of benzene rings is 2. The lowest BCUT2D eigenvalue weighted by atomic mass is 9.81. The maximum Gasteiger partial charge on any atom is 0.176 e. The standard InChI is InChI=1S/C20H20BrClFNO2S/c1-12-16-15(10-14(23)18(22)17(16)21)26-20(12,13-8-6-5-7-9-13)11-24-27(25)19(2,3)4/h5-12H,1-4H3/t12-,20-,27?/m0/s1. The van der Waals surface area contributed by atoms with Crippen molar-refractivity contribution in [1.82, 2.24) is 0 Å². The van der Waals surface area contributed by atoms with E-state index in [1.807, 2.05) is 58.0 Å². The summed E-state index contributed by atoms with van der Waals surface area (Å²) < 4.78 is 37.2. The summed E-state index contributed by atoms with van der Waals surface area (Å²) in [5, 5.41) is 0.0169. The molecule has 3 rings (SSSR count). The molecule has 0 saturated carbocycles. The summed E-state index contributed by atoms with van der Waals surface area (Å²) in [5.74, 6) is -0.398. The highest BCUT2D eigenvalue weighted by Crippen LogP contribution is 2.53. The Bertz CT molecular complexity index is 930. The second kappa shape index (κ2) is 7.30. The van der Waals surface area contributed by atoms with Crippen molar-refractivity contribution in [1.29, 1.82) is 0 Å². The highest BCUT2D eigenvalue weighted by molar-refractivity contribution is 9.10. The minimum atomic E-state index is -1.45. The van der Waals surface area contributed by atoms with E-state index >= 15 is 0 Å². The van der Waals surface area contributed by atoms with Crippen LogP contribution in [0.2, 0.25) is 5.02 Å². The summed E-state index contributed by atoms with van der Waals surface area (Å²) in [6.07, 6.45) is 1.59. The number of rotatable bonds is 3. The molecule has 0 spiro atoms. The van der Waals surface area contributed by atoms with Crippen LogP contribution in [0.3, 0.4) is 0 Å². The second-order valence-corrected chi connectivity index (χ2v) is 10.6. The molecule has 0 radical (unpaired) electrons. The average Bonchev–Trinajstić information content (AvgIpc) is 2.90. The fraction of sp³-hybridized carbons (Fsp3) is 0.350. The summed E-state index contributed by atoms with van der Waals surface area (Å²) in [6.45, 7) is 7.53. The van der Waals surface area contributed by atoms with Crippen LogP contribution in [0.1, 0.15) is 44.7 Å². The van der Waals surface area contributed by atoms with Crippen LogP contribution in [-0.2, 0) is 16.6 Å². The highest BCUT2D eigenvalue weighted by atomic mass is 79.9. The summed E-state index contributed by atoms with van der Waals surface area (Å²) in [4.78, 5) is 0. The molecule has 3 nitrogen and oxygen atoms in total. The molecule has 0 fully saturated rings. The van der Waals surface area contributed by atoms with Crippen molar-refractivity contribution in [2.75, 3.05) is 0 Å². The van der Waals surface area contributed by atoms with Gasteiger partial charge in [-0.25, -0.2) is 8.60 Å². The molecule has 7 heteroatoms. The van der Waals surface area contributed by atoms with Crippen LogP contribution in [0.5, 0.6) is 5.75 Å². The number of hydrogen-bond acceptors (Lipinski definition) is 2. The Morgan fingerprint density at radius 1 is 1.33 bits per heavy atom. The van der Waals surface area contributed by atoms with E-state index in [2.05, 4.69) is 20.3 Å². The van der Waals surface area contributed by atoms with Gasteiger partial charge in [-0.1, -0.05) is 48.9 Å².